The molecule has 1 aromatic heterocycles. The van der Waals surface area contributed by atoms with Crippen molar-refractivity contribution < 1.29 is 0 Å². The molecule has 21 heavy (non-hydrogen) atoms. The van der Waals surface area contributed by atoms with E-state index < -0.39 is 0 Å². The first-order chi connectivity index (χ1) is 10.1. The molecule has 1 N–H and O–H groups in total. The van der Waals surface area contributed by atoms with Gasteiger partial charge in [0, 0.05) is 54.8 Å². The van der Waals surface area contributed by atoms with E-state index in [4.69, 9.17) is 11.6 Å². The van der Waals surface area contributed by atoms with Crippen molar-refractivity contribution in [3.05, 3.63) is 52.3 Å². The Kier molecular flexibility index (Phi) is 4.34. The highest BCUT2D eigenvalue weighted by atomic mass is 35.5. The Morgan fingerprint density at radius 3 is 2.43 bits per heavy atom. The molecule has 0 aliphatic carbocycles. The molecule has 0 bridgehead atoms. The van der Waals surface area contributed by atoms with Crippen molar-refractivity contribution in [2.24, 2.45) is 0 Å². The normalized spacial score (nSPS) is 16.3. The number of hydrogen-bond acceptors (Lipinski definition) is 2. The van der Waals surface area contributed by atoms with Crippen LogP contribution in [0.2, 0.25) is 5.02 Å². The molecule has 0 atom stereocenters. The third kappa shape index (κ3) is 3.15. The molecule has 1 aromatic carbocycles. The summed E-state index contributed by atoms with van der Waals surface area (Å²) in [5.74, 6) is 0. The van der Waals surface area contributed by atoms with E-state index in [1.54, 1.807) is 0 Å². The average molecular weight is 304 g/mol. The summed E-state index contributed by atoms with van der Waals surface area (Å²) in [7, 11) is 0. The maximum atomic E-state index is 5.99. The van der Waals surface area contributed by atoms with Crippen molar-refractivity contribution in [3.8, 4) is 5.69 Å². The summed E-state index contributed by atoms with van der Waals surface area (Å²) in [6, 6.07) is 10.4. The number of piperazine rings is 1. The molecule has 0 amide bonds. The van der Waals surface area contributed by atoms with Crippen LogP contribution in [-0.4, -0.2) is 35.6 Å². The van der Waals surface area contributed by atoms with E-state index in [1.165, 1.54) is 22.6 Å². The highest BCUT2D eigenvalue weighted by molar-refractivity contribution is 6.30. The number of aromatic nitrogens is 1. The van der Waals surface area contributed by atoms with Crippen LogP contribution >= 0.6 is 11.6 Å². The monoisotopic (exact) mass is 303 g/mol. The molecule has 3 rings (SSSR count). The van der Waals surface area contributed by atoms with Crippen molar-refractivity contribution in [3.63, 3.8) is 0 Å². The number of halogens is 1. The van der Waals surface area contributed by atoms with E-state index in [-0.39, 0.29) is 0 Å². The van der Waals surface area contributed by atoms with Gasteiger partial charge in [0.2, 0.25) is 0 Å². The van der Waals surface area contributed by atoms with Crippen LogP contribution in [0.15, 0.2) is 30.3 Å². The van der Waals surface area contributed by atoms with E-state index in [9.17, 15) is 0 Å². The predicted octanol–water partition coefficient (Wildman–Crippen LogP) is 3.15. The Morgan fingerprint density at radius 1 is 1.10 bits per heavy atom. The van der Waals surface area contributed by atoms with Crippen molar-refractivity contribution in [1.29, 1.82) is 0 Å². The molecule has 0 unspecified atom stereocenters. The summed E-state index contributed by atoms with van der Waals surface area (Å²) in [4.78, 5) is 2.52. The fourth-order valence-electron chi connectivity index (χ4n) is 3.09. The molecule has 1 saturated heterocycles. The molecule has 2 aromatic rings. The van der Waals surface area contributed by atoms with Gasteiger partial charge in [0.25, 0.3) is 0 Å². The second-order valence-electron chi connectivity index (χ2n) is 5.73. The number of rotatable bonds is 3. The lowest BCUT2D eigenvalue weighted by molar-refractivity contribution is 0.233. The zero-order valence-corrected chi connectivity index (χ0v) is 13.5. The third-order valence-electron chi connectivity index (χ3n) is 4.22. The van der Waals surface area contributed by atoms with E-state index in [1.807, 2.05) is 12.1 Å². The van der Waals surface area contributed by atoms with Gasteiger partial charge in [-0.3, -0.25) is 4.90 Å². The van der Waals surface area contributed by atoms with Gasteiger partial charge in [-0.15, -0.1) is 0 Å². The molecular weight excluding hydrogens is 282 g/mol. The Balaban J connectivity index is 1.87. The summed E-state index contributed by atoms with van der Waals surface area (Å²) in [6.45, 7) is 9.86. The van der Waals surface area contributed by atoms with Crippen LogP contribution < -0.4 is 5.32 Å². The summed E-state index contributed by atoms with van der Waals surface area (Å²) in [5, 5.41) is 4.18. The van der Waals surface area contributed by atoms with Crippen LogP contribution in [-0.2, 0) is 6.54 Å². The van der Waals surface area contributed by atoms with Crippen LogP contribution in [0.5, 0.6) is 0 Å². The molecule has 3 nitrogen and oxygen atoms in total. The zero-order chi connectivity index (χ0) is 14.8. The first-order valence-electron chi connectivity index (χ1n) is 7.52. The minimum absolute atomic E-state index is 0.780. The topological polar surface area (TPSA) is 20.2 Å². The highest BCUT2D eigenvalue weighted by Gasteiger charge is 2.15. The number of benzene rings is 1. The second-order valence-corrected chi connectivity index (χ2v) is 6.17. The smallest absolute Gasteiger partial charge is 0.0456 e. The van der Waals surface area contributed by atoms with Gasteiger partial charge in [0.05, 0.1) is 0 Å². The maximum Gasteiger partial charge on any atom is 0.0456 e. The Morgan fingerprint density at radius 2 is 1.76 bits per heavy atom. The quantitative estimate of drug-likeness (QED) is 0.940. The fourth-order valence-corrected chi connectivity index (χ4v) is 3.21. The highest BCUT2D eigenvalue weighted by Crippen LogP contribution is 2.23. The second kappa shape index (κ2) is 6.22. The SMILES string of the molecule is Cc1cc(CN2CCNCC2)c(C)n1-c1ccc(Cl)cc1. The first-order valence-corrected chi connectivity index (χ1v) is 7.90. The maximum absolute atomic E-state index is 5.99. The fraction of sp³-hybridized carbons (Fsp3) is 0.412. The van der Waals surface area contributed by atoms with Gasteiger partial charge in [-0.2, -0.15) is 0 Å². The van der Waals surface area contributed by atoms with Gasteiger partial charge < -0.3 is 9.88 Å². The third-order valence-corrected chi connectivity index (χ3v) is 4.48. The molecule has 0 saturated carbocycles. The van der Waals surface area contributed by atoms with Gasteiger partial charge in [-0.25, -0.2) is 0 Å². The summed E-state index contributed by atoms with van der Waals surface area (Å²) in [5.41, 5.74) is 5.21. The van der Waals surface area contributed by atoms with Crippen molar-refractivity contribution in [2.45, 2.75) is 20.4 Å². The molecule has 1 aliphatic heterocycles. The van der Waals surface area contributed by atoms with Crippen LogP contribution in [0.3, 0.4) is 0 Å². The molecular formula is C17H22ClN3. The average Bonchev–Trinajstić information content (AvgIpc) is 2.76. The van der Waals surface area contributed by atoms with Gasteiger partial charge >= 0.3 is 0 Å². The summed E-state index contributed by atoms with van der Waals surface area (Å²) < 4.78 is 2.31. The largest absolute Gasteiger partial charge is 0.318 e. The van der Waals surface area contributed by atoms with Crippen molar-refractivity contribution in [1.82, 2.24) is 14.8 Å². The Labute approximate surface area is 131 Å². The van der Waals surface area contributed by atoms with Crippen LogP contribution in [0.4, 0.5) is 0 Å². The van der Waals surface area contributed by atoms with Gasteiger partial charge in [0.1, 0.15) is 0 Å². The molecule has 1 aliphatic rings. The number of hydrogen-bond donors (Lipinski definition) is 1. The molecule has 112 valence electrons. The molecule has 4 heteroatoms. The molecule has 0 spiro atoms. The van der Waals surface area contributed by atoms with E-state index in [0.29, 0.717) is 0 Å². The molecule has 0 radical (unpaired) electrons. The minimum Gasteiger partial charge on any atom is -0.318 e. The van der Waals surface area contributed by atoms with Gasteiger partial charge in [-0.1, -0.05) is 11.6 Å². The first kappa shape index (κ1) is 14.6. The van der Waals surface area contributed by atoms with Gasteiger partial charge in [0.15, 0.2) is 0 Å². The van der Waals surface area contributed by atoms with Crippen LogP contribution in [0, 0.1) is 13.8 Å². The summed E-state index contributed by atoms with van der Waals surface area (Å²) >= 11 is 5.99. The van der Waals surface area contributed by atoms with Crippen molar-refractivity contribution >= 4 is 11.6 Å². The minimum atomic E-state index is 0.780. The van der Waals surface area contributed by atoms with E-state index in [2.05, 4.69) is 46.8 Å². The molecule has 2 heterocycles. The Hall–Kier alpha value is -1.29. The van der Waals surface area contributed by atoms with Crippen molar-refractivity contribution in [2.75, 3.05) is 26.2 Å². The van der Waals surface area contributed by atoms with Crippen LogP contribution in [0.1, 0.15) is 17.0 Å². The number of aryl methyl sites for hydroxylation is 1. The van der Waals surface area contributed by atoms with Crippen LogP contribution in [0.25, 0.3) is 5.69 Å². The lowest BCUT2D eigenvalue weighted by atomic mass is 10.2. The number of nitrogens with one attached hydrogen (secondary N) is 1. The lowest BCUT2D eigenvalue weighted by Crippen LogP contribution is -2.42. The lowest BCUT2D eigenvalue weighted by Gasteiger charge is -2.27. The van der Waals surface area contributed by atoms with E-state index >= 15 is 0 Å². The number of nitrogens with zero attached hydrogens (tertiary/aromatic N) is 2. The predicted molar refractivity (Wildman–Crippen MR) is 88.4 cm³/mol. The zero-order valence-electron chi connectivity index (χ0n) is 12.7. The Bertz CT molecular complexity index is 610. The van der Waals surface area contributed by atoms with Gasteiger partial charge in [-0.05, 0) is 49.7 Å². The standard InChI is InChI=1S/C17H22ClN3/c1-13-11-15(12-20-9-7-19-8-10-20)14(2)21(13)17-5-3-16(18)4-6-17/h3-6,11,19H,7-10,12H2,1-2H3. The molecule has 1 fully saturated rings. The van der Waals surface area contributed by atoms with E-state index in [0.717, 1.165) is 37.7 Å². The summed E-state index contributed by atoms with van der Waals surface area (Å²) in [6.07, 6.45) is 0.